The van der Waals surface area contributed by atoms with Gasteiger partial charge in [-0.15, -0.1) is 0 Å². The Labute approximate surface area is 140 Å². The fourth-order valence-corrected chi connectivity index (χ4v) is 3.05. The second-order valence-electron chi connectivity index (χ2n) is 5.06. The number of imidazole rings is 1. The molecule has 24 heavy (non-hydrogen) atoms. The summed E-state index contributed by atoms with van der Waals surface area (Å²) in [5, 5.41) is 20.0. The molecule has 1 saturated heterocycles. The minimum Gasteiger partial charge on any atom is -0.492 e. The first kappa shape index (κ1) is 17.6. The Bertz CT molecular complexity index is 783. The number of aromatic hydroxyl groups is 1. The van der Waals surface area contributed by atoms with Gasteiger partial charge >= 0.3 is 6.72 Å². The molecule has 11 nitrogen and oxygen atoms in total. The number of ether oxygens (including phenoxy) is 2. The predicted octanol–water partition coefficient (Wildman–Crippen LogP) is -0.969. The molecule has 1 aliphatic rings. The van der Waals surface area contributed by atoms with Gasteiger partial charge in [-0.2, -0.15) is 4.98 Å². The SMILES string of the molecule is CO[C@@H]1[C@H](O)[C@@H](COP(O)(O)=S)O[C@H]1n1cnc2c(O)ncnc21. The van der Waals surface area contributed by atoms with Crippen molar-refractivity contribution in [3.63, 3.8) is 0 Å². The molecule has 1 aliphatic heterocycles. The second kappa shape index (κ2) is 6.58. The lowest BCUT2D eigenvalue weighted by molar-refractivity contribution is -0.0567. The largest absolute Gasteiger partial charge is 0.492 e. The third kappa shape index (κ3) is 3.27. The number of aliphatic hydroxyl groups excluding tert-OH is 1. The Kier molecular flexibility index (Phi) is 4.82. The average molecular weight is 378 g/mol. The van der Waals surface area contributed by atoms with Crippen LogP contribution in [0.15, 0.2) is 12.7 Å². The molecule has 13 heteroatoms. The van der Waals surface area contributed by atoms with Gasteiger partial charge in [0.15, 0.2) is 17.4 Å². The van der Waals surface area contributed by atoms with Crippen LogP contribution in [0.5, 0.6) is 5.88 Å². The molecule has 0 spiro atoms. The van der Waals surface area contributed by atoms with Crippen molar-refractivity contribution in [2.24, 2.45) is 0 Å². The van der Waals surface area contributed by atoms with Crippen LogP contribution >= 0.6 is 6.72 Å². The van der Waals surface area contributed by atoms with E-state index in [1.165, 1.54) is 18.0 Å². The van der Waals surface area contributed by atoms with Crippen LogP contribution in [0.4, 0.5) is 0 Å². The van der Waals surface area contributed by atoms with Gasteiger partial charge in [0.05, 0.1) is 12.9 Å². The zero-order valence-electron chi connectivity index (χ0n) is 12.3. The van der Waals surface area contributed by atoms with E-state index in [1.807, 2.05) is 0 Å². The van der Waals surface area contributed by atoms with E-state index in [4.69, 9.17) is 23.8 Å². The quantitative estimate of drug-likeness (QED) is 0.475. The van der Waals surface area contributed by atoms with Gasteiger partial charge < -0.3 is 34.0 Å². The van der Waals surface area contributed by atoms with Crippen LogP contribution in [0.2, 0.25) is 0 Å². The molecule has 2 aromatic heterocycles. The fourth-order valence-electron chi connectivity index (χ4n) is 2.53. The summed E-state index contributed by atoms with van der Waals surface area (Å²) < 4.78 is 17.2. The van der Waals surface area contributed by atoms with Gasteiger partial charge in [0, 0.05) is 7.11 Å². The van der Waals surface area contributed by atoms with Gasteiger partial charge in [0.25, 0.3) is 0 Å². The summed E-state index contributed by atoms with van der Waals surface area (Å²) >= 11 is 4.37. The molecule has 4 atom stereocenters. The van der Waals surface area contributed by atoms with Crippen LogP contribution in [0, 0.1) is 0 Å². The Balaban J connectivity index is 1.89. The Morgan fingerprint density at radius 2 is 2.12 bits per heavy atom. The lowest BCUT2D eigenvalue weighted by Crippen LogP contribution is -2.35. The summed E-state index contributed by atoms with van der Waals surface area (Å²) in [7, 11) is 1.39. The van der Waals surface area contributed by atoms with Crippen molar-refractivity contribution >= 4 is 29.7 Å². The summed E-state index contributed by atoms with van der Waals surface area (Å²) in [6.07, 6.45) is -1.12. The van der Waals surface area contributed by atoms with E-state index in [0.29, 0.717) is 0 Å². The lowest BCUT2D eigenvalue weighted by Gasteiger charge is -2.19. The molecule has 0 radical (unpaired) electrons. The third-order valence-electron chi connectivity index (χ3n) is 3.61. The molecule has 0 unspecified atom stereocenters. The Morgan fingerprint density at radius 3 is 2.79 bits per heavy atom. The number of hydrogen-bond donors (Lipinski definition) is 4. The maximum absolute atomic E-state index is 10.3. The first-order valence-corrected chi connectivity index (χ1v) is 9.37. The molecule has 0 aromatic carbocycles. The van der Waals surface area contributed by atoms with E-state index in [9.17, 15) is 10.2 Å². The van der Waals surface area contributed by atoms with Gasteiger partial charge in [-0.05, 0) is 11.8 Å². The van der Waals surface area contributed by atoms with Crippen LogP contribution in [0.25, 0.3) is 11.2 Å². The van der Waals surface area contributed by atoms with Crippen LogP contribution in [0.3, 0.4) is 0 Å². The highest BCUT2D eigenvalue weighted by atomic mass is 32.5. The highest BCUT2D eigenvalue weighted by Crippen LogP contribution is 2.39. The summed E-state index contributed by atoms with van der Waals surface area (Å²) in [5.41, 5.74) is 0.462. The average Bonchev–Trinajstić information content (AvgIpc) is 3.06. The van der Waals surface area contributed by atoms with Gasteiger partial charge in [-0.25, -0.2) is 9.97 Å². The van der Waals surface area contributed by atoms with Gasteiger partial charge in [0.1, 0.15) is 24.6 Å². The number of nitrogens with zero attached hydrogens (tertiary/aromatic N) is 4. The zero-order valence-corrected chi connectivity index (χ0v) is 14.0. The van der Waals surface area contributed by atoms with E-state index in [2.05, 4.69) is 26.8 Å². The molecular weight excluding hydrogens is 363 g/mol. The number of aliphatic hydroxyl groups is 1. The first-order chi connectivity index (χ1) is 11.3. The molecule has 0 saturated carbocycles. The minimum absolute atomic E-state index is 0.173. The van der Waals surface area contributed by atoms with Crippen molar-refractivity contribution in [2.45, 2.75) is 24.5 Å². The number of methoxy groups -OCH3 is 1. The number of fused-ring (bicyclic) bond motifs is 1. The van der Waals surface area contributed by atoms with Crippen molar-refractivity contribution in [1.82, 2.24) is 19.5 Å². The number of hydrogen-bond acceptors (Lipinski definition) is 9. The van der Waals surface area contributed by atoms with E-state index < -0.39 is 31.3 Å². The van der Waals surface area contributed by atoms with Crippen molar-refractivity contribution in [1.29, 1.82) is 0 Å². The molecule has 0 aliphatic carbocycles. The van der Waals surface area contributed by atoms with E-state index in [-0.39, 0.29) is 23.7 Å². The van der Waals surface area contributed by atoms with Gasteiger partial charge in [-0.1, -0.05) is 0 Å². The van der Waals surface area contributed by atoms with Crippen LogP contribution in [0.1, 0.15) is 6.23 Å². The van der Waals surface area contributed by atoms with Crippen LogP contribution in [-0.2, 0) is 25.8 Å². The molecule has 0 amide bonds. The van der Waals surface area contributed by atoms with E-state index in [1.54, 1.807) is 0 Å². The van der Waals surface area contributed by atoms with Gasteiger partial charge in [0.2, 0.25) is 5.88 Å². The molecule has 3 heterocycles. The van der Waals surface area contributed by atoms with E-state index in [0.717, 1.165) is 6.33 Å². The fraction of sp³-hybridized carbons (Fsp3) is 0.545. The van der Waals surface area contributed by atoms with Crippen LogP contribution in [-0.4, -0.2) is 71.5 Å². The van der Waals surface area contributed by atoms with Crippen molar-refractivity contribution in [3.05, 3.63) is 12.7 Å². The molecule has 4 N–H and O–H groups in total. The lowest BCUT2D eigenvalue weighted by atomic mass is 10.1. The van der Waals surface area contributed by atoms with Gasteiger partial charge in [-0.3, -0.25) is 4.57 Å². The van der Waals surface area contributed by atoms with Crippen LogP contribution < -0.4 is 0 Å². The number of rotatable bonds is 5. The molecule has 0 bridgehead atoms. The monoisotopic (exact) mass is 378 g/mol. The molecule has 2 aromatic rings. The normalized spacial score (nSPS) is 27.8. The molecular formula is C11H15N4O7PS. The maximum Gasteiger partial charge on any atom is 0.321 e. The summed E-state index contributed by atoms with van der Waals surface area (Å²) in [6.45, 7) is -4.19. The van der Waals surface area contributed by atoms with E-state index >= 15 is 0 Å². The standard InChI is InChI=1S/C11H15N4O7PS/c1-20-8-7(16)5(2-21-23(18,19)24)22-11(8)15-4-14-6-9(15)12-3-13-10(6)17/h3-5,7-8,11,16H,2H2,1H3,(H,12,13,17)(H2,18,19,24)/t5-,7-,8-,11-/m1/s1. The minimum atomic E-state index is -3.87. The first-order valence-electron chi connectivity index (χ1n) is 6.74. The molecule has 132 valence electrons. The summed E-state index contributed by atoms with van der Waals surface area (Å²) in [5.74, 6) is -0.285. The number of aromatic nitrogens is 4. The Morgan fingerprint density at radius 1 is 1.38 bits per heavy atom. The highest BCUT2D eigenvalue weighted by Gasteiger charge is 2.46. The smallest absolute Gasteiger partial charge is 0.321 e. The third-order valence-corrected chi connectivity index (χ3v) is 4.41. The molecule has 1 fully saturated rings. The van der Waals surface area contributed by atoms with Crippen molar-refractivity contribution in [3.8, 4) is 5.88 Å². The zero-order chi connectivity index (χ0) is 17.5. The van der Waals surface area contributed by atoms with Crippen molar-refractivity contribution in [2.75, 3.05) is 13.7 Å². The second-order valence-corrected chi connectivity index (χ2v) is 7.73. The maximum atomic E-state index is 10.3. The highest BCUT2D eigenvalue weighted by molar-refractivity contribution is 8.06. The Hall–Kier alpha value is -1.24. The predicted molar refractivity (Wildman–Crippen MR) is 82.4 cm³/mol. The summed E-state index contributed by atoms with van der Waals surface area (Å²) in [6, 6.07) is 0. The summed E-state index contributed by atoms with van der Waals surface area (Å²) in [4.78, 5) is 30.0. The topological polar surface area (TPSA) is 152 Å². The van der Waals surface area contributed by atoms with Crippen molar-refractivity contribution < 1.29 is 34.0 Å². The molecule has 3 rings (SSSR count).